The molecule has 1 aliphatic heterocycles. The molecule has 4 nitrogen and oxygen atoms in total. The van der Waals surface area contributed by atoms with E-state index >= 15 is 0 Å². The van der Waals surface area contributed by atoms with Crippen molar-refractivity contribution >= 4 is 5.91 Å². The van der Waals surface area contributed by atoms with Gasteiger partial charge in [0.15, 0.2) is 0 Å². The minimum atomic E-state index is -0.456. The molecule has 3 unspecified atom stereocenters. The average molecular weight is 248 g/mol. The monoisotopic (exact) mass is 248 g/mol. The molecule has 0 aromatic heterocycles. The molecule has 2 rings (SSSR count). The van der Waals surface area contributed by atoms with Crippen molar-refractivity contribution in [2.24, 2.45) is 11.7 Å². The number of carbonyl (C=O) groups is 1. The van der Waals surface area contributed by atoms with Crippen molar-refractivity contribution in [2.75, 3.05) is 6.61 Å². The van der Waals surface area contributed by atoms with Gasteiger partial charge in [0.25, 0.3) is 0 Å². The number of ether oxygens (including phenoxy) is 1. The smallest absolute Gasteiger partial charge is 0.237 e. The van der Waals surface area contributed by atoms with Gasteiger partial charge in [-0.25, -0.2) is 0 Å². The maximum Gasteiger partial charge on any atom is 0.237 e. The van der Waals surface area contributed by atoms with Crippen molar-refractivity contribution in [3.05, 3.63) is 29.8 Å². The van der Waals surface area contributed by atoms with Gasteiger partial charge in [0.05, 0.1) is 12.1 Å². The van der Waals surface area contributed by atoms with E-state index in [9.17, 15) is 4.79 Å². The minimum Gasteiger partial charge on any atom is -0.491 e. The van der Waals surface area contributed by atoms with Gasteiger partial charge < -0.3 is 15.8 Å². The maximum atomic E-state index is 12.0. The molecule has 0 bridgehead atoms. The molecule has 3 atom stereocenters. The van der Waals surface area contributed by atoms with E-state index in [4.69, 9.17) is 10.5 Å². The van der Waals surface area contributed by atoms with E-state index in [1.807, 2.05) is 38.1 Å². The maximum absolute atomic E-state index is 12.0. The van der Waals surface area contributed by atoms with Crippen molar-refractivity contribution < 1.29 is 9.53 Å². The van der Waals surface area contributed by atoms with Gasteiger partial charge in [0.2, 0.25) is 5.91 Å². The number of rotatable bonds is 4. The molecule has 4 heteroatoms. The number of nitrogens with two attached hydrogens (primary N) is 1. The predicted molar refractivity (Wildman–Crippen MR) is 70.3 cm³/mol. The van der Waals surface area contributed by atoms with Crippen LogP contribution in [0.5, 0.6) is 5.75 Å². The first-order chi connectivity index (χ1) is 8.63. The lowest BCUT2D eigenvalue weighted by molar-refractivity contribution is -0.124. The predicted octanol–water partition coefficient (Wildman–Crippen LogP) is 1.61. The van der Waals surface area contributed by atoms with Crippen molar-refractivity contribution in [2.45, 2.75) is 32.4 Å². The molecule has 0 saturated heterocycles. The molecule has 1 aliphatic rings. The largest absolute Gasteiger partial charge is 0.491 e. The van der Waals surface area contributed by atoms with Gasteiger partial charge >= 0.3 is 0 Å². The molecule has 0 fully saturated rings. The summed E-state index contributed by atoms with van der Waals surface area (Å²) < 4.78 is 5.52. The summed E-state index contributed by atoms with van der Waals surface area (Å²) in [6.07, 6.45) is 0.895. The van der Waals surface area contributed by atoms with Crippen LogP contribution in [0.25, 0.3) is 0 Å². The Bertz CT molecular complexity index is 434. The number of hydrogen-bond donors (Lipinski definition) is 2. The van der Waals surface area contributed by atoms with Crippen molar-refractivity contribution in [3.8, 4) is 5.75 Å². The summed E-state index contributed by atoms with van der Waals surface area (Å²) in [7, 11) is 0. The first-order valence-corrected chi connectivity index (χ1v) is 6.41. The van der Waals surface area contributed by atoms with Crippen molar-refractivity contribution in [1.82, 2.24) is 5.32 Å². The molecule has 1 aromatic rings. The van der Waals surface area contributed by atoms with Crippen molar-refractivity contribution in [1.29, 1.82) is 0 Å². The highest BCUT2D eigenvalue weighted by molar-refractivity contribution is 5.82. The zero-order valence-corrected chi connectivity index (χ0v) is 10.8. The second-order valence-corrected chi connectivity index (χ2v) is 4.82. The summed E-state index contributed by atoms with van der Waals surface area (Å²) in [4.78, 5) is 12.0. The third-order valence-electron chi connectivity index (χ3n) is 3.58. The lowest BCUT2D eigenvalue weighted by Gasteiger charge is -2.20. The van der Waals surface area contributed by atoms with E-state index in [0.29, 0.717) is 6.61 Å². The lowest BCUT2D eigenvalue weighted by Crippen LogP contribution is -2.46. The Morgan fingerprint density at radius 3 is 3.00 bits per heavy atom. The van der Waals surface area contributed by atoms with Gasteiger partial charge in [-0.15, -0.1) is 0 Å². The summed E-state index contributed by atoms with van der Waals surface area (Å²) in [6, 6.07) is 7.22. The van der Waals surface area contributed by atoms with Crippen LogP contribution >= 0.6 is 0 Å². The Hall–Kier alpha value is -1.55. The van der Waals surface area contributed by atoms with Crippen LogP contribution in [0.3, 0.4) is 0 Å². The summed E-state index contributed by atoms with van der Waals surface area (Å²) in [5.74, 6) is 0.928. The minimum absolute atomic E-state index is 0.0798. The number of carbonyl (C=O) groups excluding carboxylic acids is 1. The molecule has 0 spiro atoms. The van der Waals surface area contributed by atoms with E-state index < -0.39 is 6.04 Å². The molecule has 1 aromatic carbocycles. The third kappa shape index (κ3) is 2.48. The van der Waals surface area contributed by atoms with Crippen LogP contribution in [-0.2, 0) is 4.79 Å². The van der Waals surface area contributed by atoms with Gasteiger partial charge in [-0.1, -0.05) is 38.5 Å². The molecular weight excluding hydrogens is 228 g/mol. The second-order valence-electron chi connectivity index (χ2n) is 4.82. The van der Waals surface area contributed by atoms with Gasteiger partial charge in [-0.2, -0.15) is 0 Å². The Balaban J connectivity index is 2.02. The molecule has 0 aliphatic carbocycles. The number of nitrogens with one attached hydrogen (secondary N) is 1. The summed E-state index contributed by atoms with van der Waals surface area (Å²) in [6.45, 7) is 4.51. The highest BCUT2D eigenvalue weighted by Gasteiger charge is 2.28. The number of fused-ring (bicyclic) bond motifs is 1. The first-order valence-electron chi connectivity index (χ1n) is 6.41. The number of hydrogen-bond acceptors (Lipinski definition) is 3. The Morgan fingerprint density at radius 2 is 2.28 bits per heavy atom. The highest BCUT2D eigenvalue weighted by Crippen LogP contribution is 2.31. The lowest BCUT2D eigenvalue weighted by atomic mass is 9.98. The van der Waals surface area contributed by atoms with Gasteiger partial charge in [-0.3, -0.25) is 4.79 Å². The Morgan fingerprint density at radius 1 is 1.56 bits per heavy atom. The van der Waals surface area contributed by atoms with Crippen LogP contribution in [0.2, 0.25) is 0 Å². The van der Waals surface area contributed by atoms with Gasteiger partial charge in [-0.05, 0) is 12.0 Å². The second kappa shape index (κ2) is 5.40. The molecule has 0 radical (unpaired) electrons. The average Bonchev–Trinajstić information content (AvgIpc) is 2.80. The quantitative estimate of drug-likeness (QED) is 0.851. The zero-order chi connectivity index (χ0) is 13.1. The molecule has 18 heavy (non-hydrogen) atoms. The highest BCUT2D eigenvalue weighted by atomic mass is 16.5. The van der Waals surface area contributed by atoms with Crippen LogP contribution in [-0.4, -0.2) is 18.6 Å². The Labute approximate surface area is 108 Å². The molecular formula is C14H20N2O2. The summed E-state index contributed by atoms with van der Waals surface area (Å²) in [5.41, 5.74) is 6.95. The first kappa shape index (κ1) is 12.9. The van der Waals surface area contributed by atoms with E-state index in [2.05, 4.69) is 5.32 Å². The van der Waals surface area contributed by atoms with Crippen LogP contribution < -0.4 is 15.8 Å². The van der Waals surface area contributed by atoms with E-state index in [0.717, 1.165) is 17.7 Å². The summed E-state index contributed by atoms with van der Waals surface area (Å²) in [5, 5.41) is 2.96. The van der Waals surface area contributed by atoms with E-state index in [1.54, 1.807) is 0 Å². The van der Waals surface area contributed by atoms with Gasteiger partial charge in [0.1, 0.15) is 12.4 Å². The van der Waals surface area contributed by atoms with E-state index in [-0.39, 0.29) is 17.9 Å². The molecule has 1 heterocycles. The molecule has 1 amide bonds. The standard InChI is InChI=1S/C14H20N2O2/c1-3-9(2)13(15)14(17)16-11-8-18-12-7-5-4-6-10(11)12/h4-7,9,11,13H,3,8,15H2,1-2H3,(H,16,17). The number of benzene rings is 1. The van der Waals surface area contributed by atoms with E-state index in [1.165, 1.54) is 0 Å². The zero-order valence-electron chi connectivity index (χ0n) is 10.8. The normalized spacial score (nSPS) is 20.7. The van der Waals surface area contributed by atoms with Crippen LogP contribution in [0.4, 0.5) is 0 Å². The van der Waals surface area contributed by atoms with Crippen LogP contribution in [0.1, 0.15) is 31.9 Å². The van der Waals surface area contributed by atoms with Gasteiger partial charge in [0, 0.05) is 5.56 Å². The van der Waals surface area contributed by atoms with Crippen LogP contribution in [0, 0.1) is 5.92 Å². The molecule has 3 N–H and O–H groups in total. The SMILES string of the molecule is CCC(C)C(N)C(=O)NC1COc2ccccc21. The third-order valence-corrected chi connectivity index (χ3v) is 3.58. The number of amides is 1. The fourth-order valence-electron chi connectivity index (χ4n) is 2.06. The Kier molecular flexibility index (Phi) is 3.87. The molecule has 0 saturated carbocycles. The number of para-hydroxylation sites is 1. The molecule has 98 valence electrons. The fraction of sp³-hybridized carbons (Fsp3) is 0.500. The van der Waals surface area contributed by atoms with Crippen molar-refractivity contribution in [3.63, 3.8) is 0 Å². The summed E-state index contributed by atoms with van der Waals surface area (Å²) >= 11 is 0. The fourth-order valence-corrected chi connectivity index (χ4v) is 2.06. The topological polar surface area (TPSA) is 64.4 Å². The van der Waals surface area contributed by atoms with Crippen LogP contribution in [0.15, 0.2) is 24.3 Å².